The van der Waals surface area contributed by atoms with Gasteiger partial charge in [-0.2, -0.15) is 0 Å². The number of sulfone groups is 1. The zero-order valence-electron chi connectivity index (χ0n) is 6.75. The molecule has 0 radical (unpaired) electrons. The van der Waals surface area contributed by atoms with Crippen LogP contribution in [0.2, 0.25) is 0 Å². The molecule has 0 aromatic rings. The van der Waals surface area contributed by atoms with Crippen molar-refractivity contribution in [2.45, 2.75) is 31.6 Å². The Balaban J connectivity index is 2.45. The van der Waals surface area contributed by atoms with Gasteiger partial charge in [0, 0.05) is 6.61 Å². The summed E-state index contributed by atoms with van der Waals surface area (Å²) in [7, 11) is -2.88. The molecule has 1 fully saturated rings. The molecule has 0 N–H and O–H groups in total. The molecular weight excluding hydrogens is 164 g/mol. The summed E-state index contributed by atoms with van der Waals surface area (Å²) in [5, 5.41) is 0. The minimum atomic E-state index is -2.88. The molecule has 66 valence electrons. The fourth-order valence-corrected chi connectivity index (χ4v) is 2.86. The summed E-state index contributed by atoms with van der Waals surface area (Å²) < 4.78 is 27.5. The average Bonchev–Trinajstić information content (AvgIpc) is 2.25. The van der Waals surface area contributed by atoms with Crippen molar-refractivity contribution in [3.63, 3.8) is 0 Å². The molecule has 4 heteroatoms. The van der Waals surface area contributed by atoms with Crippen LogP contribution in [0, 0.1) is 0 Å². The SMILES string of the molecule is CCCOC1CCCS1(=O)=O. The van der Waals surface area contributed by atoms with E-state index in [-0.39, 0.29) is 0 Å². The first kappa shape index (κ1) is 9.00. The van der Waals surface area contributed by atoms with E-state index in [0.717, 1.165) is 12.8 Å². The number of hydrogen-bond acceptors (Lipinski definition) is 3. The van der Waals surface area contributed by atoms with Crippen molar-refractivity contribution >= 4 is 9.84 Å². The van der Waals surface area contributed by atoms with Crippen LogP contribution in [-0.2, 0) is 14.6 Å². The van der Waals surface area contributed by atoms with E-state index < -0.39 is 15.3 Å². The van der Waals surface area contributed by atoms with Gasteiger partial charge < -0.3 is 4.74 Å². The van der Waals surface area contributed by atoms with Gasteiger partial charge in [0.1, 0.15) is 0 Å². The molecule has 1 unspecified atom stereocenters. The molecule has 1 heterocycles. The van der Waals surface area contributed by atoms with Gasteiger partial charge in [0.25, 0.3) is 0 Å². The highest BCUT2D eigenvalue weighted by atomic mass is 32.2. The molecule has 0 bridgehead atoms. The van der Waals surface area contributed by atoms with Gasteiger partial charge in [0.2, 0.25) is 0 Å². The highest BCUT2D eigenvalue weighted by molar-refractivity contribution is 7.92. The van der Waals surface area contributed by atoms with Crippen molar-refractivity contribution < 1.29 is 13.2 Å². The van der Waals surface area contributed by atoms with E-state index >= 15 is 0 Å². The van der Waals surface area contributed by atoms with E-state index in [0.29, 0.717) is 18.8 Å². The minimum Gasteiger partial charge on any atom is -0.362 e. The van der Waals surface area contributed by atoms with E-state index in [1.807, 2.05) is 6.92 Å². The van der Waals surface area contributed by atoms with Crippen LogP contribution in [0.1, 0.15) is 26.2 Å². The molecule has 1 rings (SSSR count). The summed E-state index contributed by atoms with van der Waals surface area (Å²) in [6.07, 6.45) is 2.32. The van der Waals surface area contributed by atoms with Crippen LogP contribution in [0.25, 0.3) is 0 Å². The second kappa shape index (κ2) is 3.54. The van der Waals surface area contributed by atoms with Gasteiger partial charge in [-0.05, 0) is 19.3 Å². The molecule has 0 spiro atoms. The fraction of sp³-hybridized carbons (Fsp3) is 1.00. The van der Waals surface area contributed by atoms with Crippen LogP contribution in [0.15, 0.2) is 0 Å². The highest BCUT2D eigenvalue weighted by Crippen LogP contribution is 2.20. The maximum atomic E-state index is 11.1. The van der Waals surface area contributed by atoms with Crippen molar-refractivity contribution in [3.05, 3.63) is 0 Å². The van der Waals surface area contributed by atoms with Crippen LogP contribution >= 0.6 is 0 Å². The largest absolute Gasteiger partial charge is 0.362 e. The molecule has 0 saturated carbocycles. The molecule has 1 aliphatic heterocycles. The van der Waals surface area contributed by atoms with Crippen molar-refractivity contribution in [1.29, 1.82) is 0 Å². The summed E-state index contributed by atoms with van der Waals surface area (Å²) in [6, 6.07) is 0. The van der Waals surface area contributed by atoms with Crippen LogP contribution in [0.3, 0.4) is 0 Å². The molecule has 0 aromatic carbocycles. The molecule has 1 atom stereocenters. The van der Waals surface area contributed by atoms with E-state index in [9.17, 15) is 8.42 Å². The lowest BCUT2D eigenvalue weighted by Gasteiger charge is -2.08. The van der Waals surface area contributed by atoms with Crippen LogP contribution in [0.4, 0.5) is 0 Å². The van der Waals surface area contributed by atoms with E-state index in [4.69, 9.17) is 4.74 Å². The summed E-state index contributed by atoms with van der Waals surface area (Å²) in [4.78, 5) is 0. The van der Waals surface area contributed by atoms with Gasteiger partial charge in [0.05, 0.1) is 5.75 Å². The summed E-state index contributed by atoms with van der Waals surface area (Å²) in [5.41, 5.74) is -0.498. The molecule has 3 nitrogen and oxygen atoms in total. The van der Waals surface area contributed by atoms with E-state index in [1.165, 1.54) is 0 Å². The molecular formula is C7H14O3S. The third-order valence-electron chi connectivity index (χ3n) is 1.78. The molecule has 1 saturated heterocycles. The highest BCUT2D eigenvalue weighted by Gasteiger charge is 2.31. The van der Waals surface area contributed by atoms with Gasteiger partial charge in [-0.15, -0.1) is 0 Å². The topological polar surface area (TPSA) is 43.4 Å². The lowest BCUT2D eigenvalue weighted by Crippen LogP contribution is -2.19. The number of rotatable bonds is 3. The molecule has 0 amide bonds. The van der Waals surface area contributed by atoms with Crippen LogP contribution < -0.4 is 0 Å². The third kappa shape index (κ3) is 2.17. The Morgan fingerprint density at radius 1 is 1.55 bits per heavy atom. The lowest BCUT2D eigenvalue weighted by molar-refractivity contribution is 0.106. The Bertz CT molecular complexity index is 208. The number of hydrogen-bond donors (Lipinski definition) is 0. The zero-order chi connectivity index (χ0) is 8.32. The van der Waals surface area contributed by atoms with Gasteiger partial charge in [-0.1, -0.05) is 6.92 Å². The second-order valence-electron chi connectivity index (χ2n) is 2.81. The standard InChI is InChI=1S/C7H14O3S/c1-2-5-10-7-4-3-6-11(7,8)9/h7H,2-6H2,1H3. The summed E-state index contributed by atoms with van der Waals surface area (Å²) >= 11 is 0. The first-order valence-corrected chi connectivity index (χ1v) is 5.71. The zero-order valence-corrected chi connectivity index (χ0v) is 7.56. The van der Waals surface area contributed by atoms with Gasteiger partial charge >= 0.3 is 0 Å². The summed E-state index contributed by atoms with van der Waals surface area (Å²) in [6.45, 7) is 2.53. The van der Waals surface area contributed by atoms with E-state index in [1.54, 1.807) is 0 Å². The smallest absolute Gasteiger partial charge is 0.177 e. The number of ether oxygens (including phenoxy) is 1. The Labute approximate surface area is 67.7 Å². The Hall–Kier alpha value is -0.0900. The van der Waals surface area contributed by atoms with Crippen molar-refractivity contribution in [2.75, 3.05) is 12.4 Å². The molecule has 0 aliphatic carbocycles. The van der Waals surface area contributed by atoms with Gasteiger partial charge in [-0.3, -0.25) is 0 Å². The van der Waals surface area contributed by atoms with E-state index in [2.05, 4.69) is 0 Å². The second-order valence-corrected chi connectivity index (χ2v) is 5.07. The summed E-state index contributed by atoms with van der Waals surface area (Å²) in [5.74, 6) is 0.307. The normalized spacial score (nSPS) is 29.0. The quantitative estimate of drug-likeness (QED) is 0.646. The molecule has 0 aromatic heterocycles. The van der Waals surface area contributed by atoms with Gasteiger partial charge in [0.15, 0.2) is 15.3 Å². The van der Waals surface area contributed by atoms with Crippen LogP contribution in [0.5, 0.6) is 0 Å². The van der Waals surface area contributed by atoms with Crippen molar-refractivity contribution in [1.82, 2.24) is 0 Å². The Kier molecular flexibility index (Phi) is 2.90. The monoisotopic (exact) mass is 178 g/mol. The minimum absolute atomic E-state index is 0.307. The average molecular weight is 178 g/mol. The maximum Gasteiger partial charge on any atom is 0.177 e. The third-order valence-corrected chi connectivity index (χ3v) is 3.81. The molecule has 1 aliphatic rings. The van der Waals surface area contributed by atoms with Crippen molar-refractivity contribution in [3.8, 4) is 0 Å². The van der Waals surface area contributed by atoms with Gasteiger partial charge in [-0.25, -0.2) is 8.42 Å². The van der Waals surface area contributed by atoms with Crippen LogP contribution in [-0.4, -0.2) is 26.2 Å². The fourth-order valence-electron chi connectivity index (χ4n) is 1.20. The van der Waals surface area contributed by atoms with Crippen molar-refractivity contribution in [2.24, 2.45) is 0 Å². The predicted molar refractivity (Wildman–Crippen MR) is 43.1 cm³/mol. The first-order valence-electron chi connectivity index (χ1n) is 4.00. The Morgan fingerprint density at radius 3 is 2.73 bits per heavy atom. The lowest BCUT2D eigenvalue weighted by atomic mass is 10.4. The first-order chi connectivity index (χ1) is 5.17. The Morgan fingerprint density at radius 2 is 2.27 bits per heavy atom. The maximum absolute atomic E-state index is 11.1. The predicted octanol–water partition coefficient (Wildman–Crippen LogP) is 0.948. The molecule has 11 heavy (non-hydrogen) atoms.